The molecule has 0 aliphatic carbocycles. The summed E-state index contributed by atoms with van der Waals surface area (Å²) < 4.78 is 0. The number of halogens is 2. The Morgan fingerprint density at radius 3 is 1.84 bits per heavy atom. The molecule has 3 aromatic rings. The van der Waals surface area contributed by atoms with E-state index in [9.17, 15) is 0 Å². The molecule has 0 atom stereocenters. The predicted octanol–water partition coefficient (Wildman–Crippen LogP) is 4.47. The minimum Gasteiger partial charge on any atom is -0.362 e. The van der Waals surface area contributed by atoms with Crippen LogP contribution in [-0.4, -0.2) is 24.1 Å². The summed E-state index contributed by atoms with van der Waals surface area (Å²) in [5.41, 5.74) is 6.06. The zero-order valence-corrected chi connectivity index (χ0v) is 15.3. The van der Waals surface area contributed by atoms with Crippen LogP contribution < -0.4 is 16.2 Å². The molecule has 0 saturated carbocycles. The van der Waals surface area contributed by atoms with E-state index in [0.29, 0.717) is 16.0 Å². The van der Waals surface area contributed by atoms with E-state index >= 15 is 0 Å². The molecular formula is C18H17Cl2N5. The molecule has 0 saturated heterocycles. The highest BCUT2D eigenvalue weighted by molar-refractivity contribution is 6.31. The van der Waals surface area contributed by atoms with Crippen molar-refractivity contribution in [1.82, 2.24) is 9.97 Å². The van der Waals surface area contributed by atoms with Gasteiger partial charge in [-0.3, -0.25) is 5.43 Å². The second-order valence-electron chi connectivity index (χ2n) is 5.65. The molecule has 25 heavy (non-hydrogen) atoms. The minimum atomic E-state index is 0.339. The van der Waals surface area contributed by atoms with E-state index in [1.165, 1.54) is 0 Å². The molecule has 0 aliphatic rings. The van der Waals surface area contributed by atoms with Crippen LogP contribution in [0.15, 0.2) is 48.5 Å². The Bertz CT molecular complexity index is 877. The van der Waals surface area contributed by atoms with Crippen molar-refractivity contribution in [1.29, 1.82) is 0 Å². The van der Waals surface area contributed by atoms with Crippen LogP contribution in [0.2, 0.25) is 10.0 Å². The maximum Gasteiger partial charge on any atom is 0.239 e. The molecule has 1 heterocycles. The molecule has 0 aliphatic heterocycles. The summed E-state index contributed by atoms with van der Waals surface area (Å²) in [4.78, 5) is 11.0. The van der Waals surface area contributed by atoms with Gasteiger partial charge >= 0.3 is 0 Å². The van der Waals surface area contributed by atoms with Gasteiger partial charge in [0.25, 0.3) is 0 Å². The third kappa shape index (κ3) is 3.69. The molecule has 0 amide bonds. The molecule has 5 nitrogen and oxygen atoms in total. The molecule has 0 unspecified atom stereocenters. The molecule has 3 rings (SSSR count). The van der Waals surface area contributed by atoms with Crippen LogP contribution in [0.1, 0.15) is 0 Å². The summed E-state index contributed by atoms with van der Waals surface area (Å²) in [6, 6.07) is 15.1. The number of nitrogens with one attached hydrogen (secondary N) is 1. The number of nitrogen functional groups attached to an aromatic ring is 1. The normalized spacial score (nSPS) is 10.6. The highest BCUT2D eigenvalue weighted by Crippen LogP contribution is 2.38. The molecule has 7 heteroatoms. The van der Waals surface area contributed by atoms with Gasteiger partial charge in [0.1, 0.15) is 5.82 Å². The molecule has 3 N–H and O–H groups in total. The molecule has 0 fully saturated rings. The van der Waals surface area contributed by atoms with Gasteiger partial charge in [-0.05, 0) is 29.8 Å². The van der Waals surface area contributed by atoms with Gasteiger partial charge in [0.2, 0.25) is 5.95 Å². The number of hydrogen-bond donors (Lipinski definition) is 2. The number of rotatable bonds is 4. The number of nitrogens with zero attached hydrogens (tertiary/aromatic N) is 3. The zero-order chi connectivity index (χ0) is 18.0. The van der Waals surface area contributed by atoms with Crippen LogP contribution in [0.25, 0.3) is 22.4 Å². The van der Waals surface area contributed by atoms with E-state index < -0.39 is 0 Å². The Hall–Kier alpha value is -2.34. The average Bonchev–Trinajstić information content (AvgIpc) is 2.62. The lowest BCUT2D eigenvalue weighted by Gasteiger charge is -2.20. The van der Waals surface area contributed by atoms with Crippen LogP contribution in [0, 0.1) is 0 Å². The number of hydrazine groups is 1. The van der Waals surface area contributed by atoms with Gasteiger partial charge in [-0.25, -0.2) is 10.8 Å². The number of aromatic nitrogens is 2. The Morgan fingerprint density at radius 2 is 1.36 bits per heavy atom. The quantitative estimate of drug-likeness (QED) is 0.521. The highest BCUT2D eigenvalue weighted by Gasteiger charge is 2.19. The van der Waals surface area contributed by atoms with Crippen molar-refractivity contribution in [2.45, 2.75) is 0 Å². The average molecular weight is 374 g/mol. The van der Waals surface area contributed by atoms with Crippen LogP contribution in [0.3, 0.4) is 0 Å². The summed E-state index contributed by atoms with van der Waals surface area (Å²) >= 11 is 12.1. The lowest BCUT2D eigenvalue weighted by atomic mass is 9.99. The standard InChI is InChI=1S/C18H17Cl2N5/c1-25(2)17-15(11-3-7-13(19)8-4-11)16(22-18(23-17)24-21)12-5-9-14(20)10-6-12/h3-10H,21H2,1-2H3,(H,22,23,24). The van der Waals surface area contributed by atoms with Gasteiger partial charge in [-0.1, -0.05) is 47.5 Å². The Balaban J connectivity index is 2.32. The Morgan fingerprint density at radius 1 is 0.840 bits per heavy atom. The van der Waals surface area contributed by atoms with Crippen molar-refractivity contribution in [2.75, 3.05) is 24.4 Å². The fourth-order valence-corrected chi connectivity index (χ4v) is 2.79. The van der Waals surface area contributed by atoms with Crippen molar-refractivity contribution in [3.8, 4) is 22.4 Å². The van der Waals surface area contributed by atoms with E-state index in [4.69, 9.17) is 29.0 Å². The van der Waals surface area contributed by atoms with Crippen LogP contribution >= 0.6 is 23.2 Å². The molecule has 0 spiro atoms. The van der Waals surface area contributed by atoms with Gasteiger partial charge in [-0.15, -0.1) is 0 Å². The first-order valence-corrected chi connectivity index (χ1v) is 8.33. The van der Waals surface area contributed by atoms with E-state index in [-0.39, 0.29) is 0 Å². The molecule has 0 radical (unpaired) electrons. The summed E-state index contributed by atoms with van der Waals surface area (Å²) in [7, 11) is 3.85. The lowest BCUT2D eigenvalue weighted by Crippen LogP contribution is -2.17. The van der Waals surface area contributed by atoms with Crippen molar-refractivity contribution in [3.05, 3.63) is 58.6 Å². The SMILES string of the molecule is CN(C)c1nc(NN)nc(-c2ccc(Cl)cc2)c1-c1ccc(Cl)cc1. The predicted molar refractivity (Wildman–Crippen MR) is 105 cm³/mol. The second-order valence-corrected chi connectivity index (χ2v) is 6.52. The van der Waals surface area contributed by atoms with Gasteiger partial charge in [0.05, 0.1) is 11.3 Å². The highest BCUT2D eigenvalue weighted by atomic mass is 35.5. The van der Waals surface area contributed by atoms with Gasteiger partial charge in [0.15, 0.2) is 0 Å². The van der Waals surface area contributed by atoms with Crippen molar-refractivity contribution >= 4 is 35.0 Å². The first-order chi connectivity index (χ1) is 12.0. The third-order valence-corrected chi connectivity index (χ3v) is 4.20. The Kier molecular flexibility index (Phi) is 5.08. The number of anilines is 2. The van der Waals surface area contributed by atoms with Crippen LogP contribution in [0.4, 0.5) is 11.8 Å². The zero-order valence-electron chi connectivity index (χ0n) is 13.8. The first kappa shape index (κ1) is 17.5. The van der Waals surface area contributed by atoms with Gasteiger partial charge in [-0.2, -0.15) is 4.98 Å². The minimum absolute atomic E-state index is 0.339. The summed E-state index contributed by atoms with van der Waals surface area (Å²) in [6.45, 7) is 0. The topological polar surface area (TPSA) is 67.1 Å². The van der Waals surface area contributed by atoms with E-state index in [2.05, 4.69) is 15.4 Å². The molecule has 2 aromatic carbocycles. The summed E-state index contributed by atoms with van der Waals surface area (Å²) in [5.74, 6) is 6.65. The maximum absolute atomic E-state index is 6.04. The summed E-state index contributed by atoms with van der Waals surface area (Å²) in [5, 5.41) is 1.33. The number of benzene rings is 2. The summed E-state index contributed by atoms with van der Waals surface area (Å²) in [6.07, 6.45) is 0. The second kappa shape index (κ2) is 7.27. The van der Waals surface area contributed by atoms with Crippen molar-refractivity contribution in [3.63, 3.8) is 0 Å². The smallest absolute Gasteiger partial charge is 0.239 e. The van der Waals surface area contributed by atoms with Gasteiger partial charge in [0, 0.05) is 29.7 Å². The van der Waals surface area contributed by atoms with Gasteiger partial charge < -0.3 is 4.90 Å². The van der Waals surface area contributed by atoms with E-state index in [1.807, 2.05) is 67.5 Å². The molecule has 128 valence electrons. The largest absolute Gasteiger partial charge is 0.362 e. The van der Waals surface area contributed by atoms with Crippen molar-refractivity contribution in [2.24, 2.45) is 5.84 Å². The molecule has 1 aromatic heterocycles. The number of hydrogen-bond acceptors (Lipinski definition) is 5. The number of nitrogens with two attached hydrogens (primary N) is 1. The fraction of sp³-hybridized carbons (Fsp3) is 0.111. The monoisotopic (exact) mass is 373 g/mol. The maximum atomic E-state index is 6.04. The van der Waals surface area contributed by atoms with Crippen LogP contribution in [-0.2, 0) is 0 Å². The molecule has 0 bridgehead atoms. The Labute approximate surface area is 156 Å². The molecular weight excluding hydrogens is 357 g/mol. The third-order valence-electron chi connectivity index (χ3n) is 3.69. The van der Waals surface area contributed by atoms with E-state index in [1.54, 1.807) is 0 Å². The van der Waals surface area contributed by atoms with Crippen LogP contribution in [0.5, 0.6) is 0 Å². The fourth-order valence-electron chi connectivity index (χ4n) is 2.54. The van der Waals surface area contributed by atoms with Crippen molar-refractivity contribution < 1.29 is 0 Å². The first-order valence-electron chi connectivity index (χ1n) is 7.57. The van der Waals surface area contributed by atoms with E-state index in [0.717, 1.165) is 28.2 Å². The lowest BCUT2D eigenvalue weighted by molar-refractivity contribution is 1.03.